The van der Waals surface area contributed by atoms with Crippen LogP contribution in [-0.2, 0) is 0 Å². The molecule has 1 aliphatic carbocycles. The van der Waals surface area contributed by atoms with Gasteiger partial charge in [-0.15, -0.1) is 0 Å². The lowest BCUT2D eigenvalue weighted by Crippen LogP contribution is -1.97. The molecule has 0 fully saturated rings. The summed E-state index contributed by atoms with van der Waals surface area (Å²) in [5.74, 6) is 0.726. The van der Waals surface area contributed by atoms with Crippen LogP contribution in [0.3, 0.4) is 0 Å². The largest absolute Gasteiger partial charge is 0.228 e. The topological polar surface area (TPSA) is 25.8 Å². The number of benzene rings is 2. The van der Waals surface area contributed by atoms with Crippen LogP contribution < -0.4 is 0 Å². The van der Waals surface area contributed by atoms with Gasteiger partial charge in [0.05, 0.1) is 11.2 Å². The van der Waals surface area contributed by atoms with E-state index in [1.54, 1.807) is 0 Å². The Kier molecular flexibility index (Phi) is 3.97. The van der Waals surface area contributed by atoms with Crippen LogP contribution >= 0.6 is 11.6 Å². The first kappa shape index (κ1) is 14.9. The quantitative estimate of drug-likeness (QED) is 0.596. The molecule has 0 saturated heterocycles. The van der Waals surface area contributed by atoms with Crippen molar-refractivity contribution in [1.82, 2.24) is 9.97 Å². The highest BCUT2D eigenvalue weighted by molar-refractivity contribution is 6.31. The van der Waals surface area contributed by atoms with Gasteiger partial charge in [0.1, 0.15) is 0 Å². The summed E-state index contributed by atoms with van der Waals surface area (Å²) >= 11 is 6.10. The van der Waals surface area contributed by atoms with Crippen molar-refractivity contribution in [3.8, 4) is 11.3 Å². The molecule has 0 aliphatic heterocycles. The number of para-hydroxylation sites is 1. The van der Waals surface area contributed by atoms with E-state index in [9.17, 15) is 0 Å². The van der Waals surface area contributed by atoms with Gasteiger partial charge in [-0.25, -0.2) is 9.97 Å². The van der Waals surface area contributed by atoms with Gasteiger partial charge in [-0.05, 0) is 18.6 Å². The molecule has 3 heteroatoms. The first-order valence-corrected chi connectivity index (χ1v) is 8.25. The van der Waals surface area contributed by atoms with Crippen LogP contribution in [0.5, 0.6) is 0 Å². The fourth-order valence-electron chi connectivity index (χ4n) is 2.79. The Morgan fingerprint density at radius 1 is 0.792 bits per heavy atom. The third-order valence-electron chi connectivity index (χ3n) is 3.98. The van der Waals surface area contributed by atoms with Gasteiger partial charge in [0.25, 0.3) is 0 Å². The van der Waals surface area contributed by atoms with Crippen LogP contribution in [0.4, 0.5) is 0 Å². The summed E-state index contributed by atoms with van der Waals surface area (Å²) in [5.41, 5.74) is 3.98. The Hall–Kier alpha value is -2.71. The van der Waals surface area contributed by atoms with Crippen molar-refractivity contribution in [3.63, 3.8) is 0 Å². The molecule has 24 heavy (non-hydrogen) atoms. The fourth-order valence-corrected chi connectivity index (χ4v) is 2.94. The maximum Gasteiger partial charge on any atom is 0.160 e. The maximum atomic E-state index is 6.10. The number of allylic oxidation sites excluding steroid dienone is 6. The number of hydrogen-bond acceptors (Lipinski definition) is 2. The predicted octanol–water partition coefficient (Wildman–Crippen LogP) is 5.76. The second-order valence-electron chi connectivity index (χ2n) is 5.60. The van der Waals surface area contributed by atoms with Crippen LogP contribution in [0.2, 0.25) is 0 Å². The number of rotatable bonds is 2. The van der Waals surface area contributed by atoms with E-state index in [4.69, 9.17) is 21.6 Å². The molecule has 0 radical (unpaired) electrons. The molecular formula is C21H15ClN2. The number of halogens is 1. The van der Waals surface area contributed by atoms with Crippen molar-refractivity contribution >= 4 is 28.1 Å². The lowest BCUT2D eigenvalue weighted by atomic mass is 10.1. The summed E-state index contributed by atoms with van der Waals surface area (Å²) < 4.78 is 0. The summed E-state index contributed by atoms with van der Waals surface area (Å²) in [4.78, 5) is 9.62. The summed E-state index contributed by atoms with van der Waals surface area (Å²) in [6.07, 6.45) is 8.72. The van der Waals surface area contributed by atoms with Crippen LogP contribution in [0, 0.1) is 0 Å². The molecule has 116 valence electrons. The monoisotopic (exact) mass is 330 g/mol. The van der Waals surface area contributed by atoms with Crippen molar-refractivity contribution in [2.75, 3.05) is 0 Å². The molecule has 2 nitrogen and oxygen atoms in total. The molecule has 4 rings (SSSR count). The molecule has 0 atom stereocenters. The Bertz CT molecular complexity index is 985. The SMILES string of the molecule is ClC1=CCC=C(c2nc(-c3ccccc3)c3ccccc3n2)C=C1. The Balaban J connectivity index is 1.93. The van der Waals surface area contributed by atoms with E-state index in [2.05, 4.69) is 24.3 Å². The lowest BCUT2D eigenvalue weighted by Gasteiger charge is -2.09. The zero-order chi connectivity index (χ0) is 16.4. The average Bonchev–Trinajstić information content (AvgIpc) is 2.86. The molecule has 1 heterocycles. The molecule has 0 bridgehead atoms. The highest BCUT2D eigenvalue weighted by atomic mass is 35.5. The van der Waals surface area contributed by atoms with Crippen molar-refractivity contribution in [2.45, 2.75) is 6.42 Å². The van der Waals surface area contributed by atoms with Crippen LogP contribution in [0.25, 0.3) is 27.7 Å². The Morgan fingerprint density at radius 3 is 2.46 bits per heavy atom. The van der Waals surface area contributed by atoms with Gasteiger partial charge in [-0.3, -0.25) is 0 Å². The highest BCUT2D eigenvalue weighted by Crippen LogP contribution is 2.28. The van der Waals surface area contributed by atoms with E-state index in [0.717, 1.165) is 45.0 Å². The minimum atomic E-state index is 0.726. The van der Waals surface area contributed by atoms with Gasteiger partial charge in [-0.2, -0.15) is 0 Å². The molecule has 0 N–H and O–H groups in total. The smallest absolute Gasteiger partial charge is 0.160 e. The first-order valence-electron chi connectivity index (χ1n) is 7.88. The molecule has 0 saturated carbocycles. The average molecular weight is 331 g/mol. The van der Waals surface area contributed by atoms with Crippen LogP contribution in [0.1, 0.15) is 12.2 Å². The molecule has 0 unspecified atom stereocenters. The number of nitrogens with zero attached hydrogens (tertiary/aromatic N) is 2. The van der Waals surface area contributed by atoms with Crippen molar-refractivity contribution in [1.29, 1.82) is 0 Å². The third-order valence-corrected chi connectivity index (χ3v) is 4.26. The van der Waals surface area contributed by atoms with Gasteiger partial charge in [0, 0.05) is 21.6 Å². The molecule has 0 spiro atoms. The zero-order valence-corrected chi connectivity index (χ0v) is 13.7. The summed E-state index contributed by atoms with van der Waals surface area (Å²) in [6, 6.07) is 18.3. The summed E-state index contributed by atoms with van der Waals surface area (Å²) in [5, 5.41) is 1.80. The van der Waals surface area contributed by atoms with Crippen LogP contribution in [-0.4, -0.2) is 9.97 Å². The van der Waals surface area contributed by atoms with Gasteiger partial charge in [0.2, 0.25) is 0 Å². The van der Waals surface area contributed by atoms with E-state index in [1.807, 2.05) is 54.6 Å². The van der Waals surface area contributed by atoms with E-state index in [-0.39, 0.29) is 0 Å². The number of fused-ring (bicyclic) bond motifs is 1. The van der Waals surface area contributed by atoms with Crippen molar-refractivity contribution < 1.29 is 0 Å². The second-order valence-corrected chi connectivity index (χ2v) is 6.03. The molecule has 2 aromatic carbocycles. The van der Waals surface area contributed by atoms with Crippen LogP contribution in [0.15, 0.2) is 83.9 Å². The Morgan fingerprint density at radius 2 is 1.58 bits per heavy atom. The normalized spacial score (nSPS) is 14.2. The number of aromatic nitrogens is 2. The highest BCUT2D eigenvalue weighted by Gasteiger charge is 2.11. The minimum absolute atomic E-state index is 0.726. The van der Waals surface area contributed by atoms with Crippen molar-refractivity contribution in [2.24, 2.45) is 0 Å². The van der Waals surface area contributed by atoms with Crippen molar-refractivity contribution in [3.05, 3.63) is 89.8 Å². The van der Waals surface area contributed by atoms with Gasteiger partial charge in [-0.1, -0.05) is 78.4 Å². The van der Waals surface area contributed by atoms with E-state index >= 15 is 0 Å². The standard InChI is InChI=1S/C21H15ClN2/c22-17-10-6-9-16(13-14-17)21-23-19-12-5-4-11-18(19)20(24-21)15-7-2-1-3-8-15/h1-5,7-14H,6H2. The maximum absolute atomic E-state index is 6.10. The third kappa shape index (κ3) is 2.89. The van der Waals surface area contributed by atoms with E-state index in [0.29, 0.717) is 0 Å². The van der Waals surface area contributed by atoms with Gasteiger partial charge in [0.15, 0.2) is 5.82 Å². The predicted molar refractivity (Wildman–Crippen MR) is 101 cm³/mol. The van der Waals surface area contributed by atoms with Gasteiger partial charge < -0.3 is 0 Å². The van der Waals surface area contributed by atoms with E-state index in [1.165, 1.54) is 0 Å². The Labute approximate surface area is 145 Å². The summed E-state index contributed by atoms with van der Waals surface area (Å²) in [7, 11) is 0. The molecule has 3 aromatic rings. The minimum Gasteiger partial charge on any atom is -0.228 e. The lowest BCUT2D eigenvalue weighted by molar-refractivity contribution is 1.17. The molecular weight excluding hydrogens is 316 g/mol. The molecule has 1 aromatic heterocycles. The number of hydrogen-bond donors (Lipinski definition) is 0. The molecule has 1 aliphatic rings. The fraction of sp³-hybridized carbons (Fsp3) is 0.0476. The summed E-state index contributed by atoms with van der Waals surface area (Å²) in [6.45, 7) is 0. The first-order chi connectivity index (χ1) is 11.8. The molecule has 0 amide bonds. The zero-order valence-electron chi connectivity index (χ0n) is 13.0. The second kappa shape index (κ2) is 6.42. The van der Waals surface area contributed by atoms with E-state index < -0.39 is 0 Å². The van der Waals surface area contributed by atoms with Gasteiger partial charge >= 0.3 is 0 Å².